The minimum absolute atomic E-state index is 0.373. The van der Waals surface area contributed by atoms with Crippen LogP contribution < -0.4 is 10.6 Å². The lowest BCUT2D eigenvalue weighted by Crippen LogP contribution is -2.45. The predicted molar refractivity (Wildman–Crippen MR) is 96.6 cm³/mol. The zero-order valence-electron chi connectivity index (χ0n) is 13.7. The first kappa shape index (κ1) is 15.6. The van der Waals surface area contributed by atoms with Gasteiger partial charge in [-0.05, 0) is 43.5 Å². The van der Waals surface area contributed by atoms with E-state index in [-0.39, 0.29) is 5.91 Å². The van der Waals surface area contributed by atoms with Crippen LogP contribution in [0.3, 0.4) is 0 Å². The zero-order chi connectivity index (χ0) is 16.5. The lowest BCUT2D eigenvalue weighted by atomic mass is 10.1. The van der Waals surface area contributed by atoms with Crippen LogP contribution in [0, 0.1) is 0 Å². The molecule has 1 aromatic heterocycles. The molecule has 1 saturated heterocycles. The summed E-state index contributed by atoms with van der Waals surface area (Å²) < 4.78 is 0. The number of carbonyl (C=O) groups is 1. The number of aryl methyl sites for hydroxylation is 2. The van der Waals surface area contributed by atoms with Gasteiger partial charge in [-0.25, -0.2) is 4.98 Å². The summed E-state index contributed by atoms with van der Waals surface area (Å²) in [6.07, 6.45) is 3.67. The molecule has 0 atom stereocenters. The van der Waals surface area contributed by atoms with E-state index in [4.69, 9.17) is 10.7 Å². The molecule has 2 N–H and O–H groups in total. The number of anilines is 1. The largest absolute Gasteiger partial charge is 0.369 e. The standard InChI is InChI=1S/C18H22N4OS/c19-18(23)13-4-6-14(7-5-13)22-10-8-21(9-11-22)12-17-20-15-2-1-3-16(15)24-17/h4-7H,1-3,8-12H2,(H2,19,23). The number of primary amides is 1. The molecule has 0 radical (unpaired) electrons. The first-order valence-corrected chi connectivity index (χ1v) is 9.35. The molecule has 5 nitrogen and oxygen atoms in total. The molecule has 1 aromatic carbocycles. The number of benzene rings is 1. The highest BCUT2D eigenvalue weighted by Gasteiger charge is 2.21. The number of rotatable bonds is 4. The highest BCUT2D eigenvalue weighted by Crippen LogP contribution is 2.28. The van der Waals surface area contributed by atoms with Crippen molar-refractivity contribution in [1.29, 1.82) is 0 Å². The Bertz CT molecular complexity index is 710. The summed E-state index contributed by atoms with van der Waals surface area (Å²) >= 11 is 1.91. The number of hydrogen-bond donors (Lipinski definition) is 1. The molecule has 2 aromatic rings. The van der Waals surface area contributed by atoms with E-state index in [1.54, 1.807) is 12.1 Å². The molecule has 1 aliphatic heterocycles. The van der Waals surface area contributed by atoms with Crippen molar-refractivity contribution in [2.24, 2.45) is 5.73 Å². The third-order valence-electron chi connectivity index (χ3n) is 4.89. The number of nitrogens with two attached hydrogens (primary N) is 1. The summed E-state index contributed by atoms with van der Waals surface area (Å²) in [6.45, 7) is 5.07. The van der Waals surface area contributed by atoms with Gasteiger partial charge in [-0.15, -0.1) is 11.3 Å². The van der Waals surface area contributed by atoms with E-state index >= 15 is 0 Å². The quantitative estimate of drug-likeness (QED) is 0.924. The fourth-order valence-corrected chi connectivity index (χ4v) is 4.70. The lowest BCUT2D eigenvalue weighted by molar-refractivity contribution is 0.100. The van der Waals surface area contributed by atoms with Crippen molar-refractivity contribution in [2.75, 3.05) is 31.1 Å². The Morgan fingerprint density at radius 2 is 1.88 bits per heavy atom. The van der Waals surface area contributed by atoms with E-state index in [2.05, 4.69) is 9.80 Å². The molecular weight excluding hydrogens is 320 g/mol. The Morgan fingerprint density at radius 1 is 1.12 bits per heavy atom. The zero-order valence-corrected chi connectivity index (χ0v) is 14.5. The van der Waals surface area contributed by atoms with Gasteiger partial charge in [-0.1, -0.05) is 0 Å². The van der Waals surface area contributed by atoms with Gasteiger partial charge in [0.05, 0.1) is 12.2 Å². The van der Waals surface area contributed by atoms with Crippen LogP contribution >= 0.6 is 11.3 Å². The second kappa shape index (κ2) is 6.53. The molecule has 2 aliphatic rings. The summed E-state index contributed by atoms with van der Waals surface area (Å²) in [7, 11) is 0. The summed E-state index contributed by atoms with van der Waals surface area (Å²) in [5.41, 5.74) is 8.37. The summed E-state index contributed by atoms with van der Waals surface area (Å²) in [5.74, 6) is -0.373. The summed E-state index contributed by atoms with van der Waals surface area (Å²) in [6, 6.07) is 7.59. The topological polar surface area (TPSA) is 62.5 Å². The highest BCUT2D eigenvalue weighted by atomic mass is 32.1. The van der Waals surface area contributed by atoms with Crippen LogP contribution in [0.4, 0.5) is 5.69 Å². The van der Waals surface area contributed by atoms with Crippen molar-refractivity contribution in [3.8, 4) is 0 Å². The maximum atomic E-state index is 11.2. The Balaban J connectivity index is 1.33. The Hall–Kier alpha value is -1.92. The molecular formula is C18H22N4OS. The number of aromatic nitrogens is 1. The minimum atomic E-state index is -0.373. The minimum Gasteiger partial charge on any atom is -0.369 e. The number of nitrogens with zero attached hydrogens (tertiary/aromatic N) is 3. The maximum Gasteiger partial charge on any atom is 0.248 e. The number of fused-ring (bicyclic) bond motifs is 1. The average molecular weight is 342 g/mol. The molecule has 1 fully saturated rings. The fourth-order valence-electron chi connectivity index (χ4n) is 3.50. The van der Waals surface area contributed by atoms with Gasteiger partial charge in [0.1, 0.15) is 5.01 Å². The molecule has 0 bridgehead atoms. The van der Waals surface area contributed by atoms with Gasteiger partial charge in [-0.2, -0.15) is 0 Å². The summed E-state index contributed by atoms with van der Waals surface area (Å²) in [4.78, 5) is 22.3. The number of piperazine rings is 1. The van der Waals surface area contributed by atoms with E-state index in [1.807, 2.05) is 23.5 Å². The predicted octanol–water partition coefficient (Wildman–Crippen LogP) is 2.05. The van der Waals surface area contributed by atoms with Crippen molar-refractivity contribution in [3.63, 3.8) is 0 Å². The van der Waals surface area contributed by atoms with Crippen LogP contribution in [0.1, 0.15) is 32.4 Å². The van der Waals surface area contributed by atoms with Crippen LogP contribution in [-0.4, -0.2) is 42.0 Å². The monoisotopic (exact) mass is 342 g/mol. The van der Waals surface area contributed by atoms with Crippen LogP contribution in [0.15, 0.2) is 24.3 Å². The van der Waals surface area contributed by atoms with Gasteiger partial charge in [0.2, 0.25) is 5.91 Å². The number of thiazole rings is 1. The van der Waals surface area contributed by atoms with Crippen molar-refractivity contribution >= 4 is 22.9 Å². The lowest BCUT2D eigenvalue weighted by Gasteiger charge is -2.35. The molecule has 126 valence electrons. The number of amides is 1. The van der Waals surface area contributed by atoms with Crippen LogP contribution in [0.2, 0.25) is 0 Å². The van der Waals surface area contributed by atoms with E-state index in [0.717, 1.165) is 38.4 Å². The van der Waals surface area contributed by atoms with Crippen molar-refractivity contribution in [2.45, 2.75) is 25.8 Å². The van der Waals surface area contributed by atoms with Crippen LogP contribution in [0.5, 0.6) is 0 Å². The number of hydrogen-bond acceptors (Lipinski definition) is 5. The molecule has 2 heterocycles. The molecule has 4 rings (SSSR count). The average Bonchev–Trinajstić information content (AvgIpc) is 3.17. The van der Waals surface area contributed by atoms with Crippen LogP contribution in [-0.2, 0) is 19.4 Å². The molecule has 6 heteroatoms. The second-order valence-electron chi connectivity index (χ2n) is 6.51. The van der Waals surface area contributed by atoms with E-state index < -0.39 is 0 Å². The van der Waals surface area contributed by atoms with Crippen molar-refractivity contribution in [3.05, 3.63) is 45.4 Å². The molecule has 0 saturated carbocycles. The van der Waals surface area contributed by atoms with Crippen molar-refractivity contribution < 1.29 is 4.79 Å². The molecule has 0 unspecified atom stereocenters. The fraction of sp³-hybridized carbons (Fsp3) is 0.444. The van der Waals surface area contributed by atoms with Gasteiger partial charge < -0.3 is 10.6 Å². The van der Waals surface area contributed by atoms with E-state index in [1.165, 1.54) is 34.8 Å². The van der Waals surface area contributed by atoms with E-state index in [9.17, 15) is 4.79 Å². The Kier molecular flexibility index (Phi) is 4.24. The highest BCUT2D eigenvalue weighted by molar-refractivity contribution is 7.11. The smallest absolute Gasteiger partial charge is 0.248 e. The maximum absolute atomic E-state index is 11.2. The SMILES string of the molecule is NC(=O)c1ccc(N2CCN(Cc3nc4c(s3)CCC4)CC2)cc1. The van der Waals surface area contributed by atoms with Gasteiger partial charge >= 0.3 is 0 Å². The first-order chi connectivity index (χ1) is 11.7. The third-order valence-corrected chi connectivity index (χ3v) is 6.03. The van der Waals surface area contributed by atoms with Crippen LogP contribution in [0.25, 0.3) is 0 Å². The normalized spacial score (nSPS) is 17.9. The van der Waals surface area contributed by atoms with Gasteiger partial charge in [0.25, 0.3) is 0 Å². The Morgan fingerprint density at radius 3 is 2.54 bits per heavy atom. The second-order valence-corrected chi connectivity index (χ2v) is 7.67. The summed E-state index contributed by atoms with van der Waals surface area (Å²) in [5, 5.41) is 1.28. The first-order valence-electron chi connectivity index (χ1n) is 8.54. The molecule has 0 spiro atoms. The van der Waals surface area contributed by atoms with Gasteiger partial charge in [0.15, 0.2) is 0 Å². The Labute approximate surface area is 146 Å². The number of carbonyl (C=O) groups excluding carboxylic acids is 1. The van der Waals surface area contributed by atoms with Crippen molar-refractivity contribution in [1.82, 2.24) is 9.88 Å². The molecule has 24 heavy (non-hydrogen) atoms. The van der Waals surface area contributed by atoms with Gasteiger partial charge in [-0.3, -0.25) is 9.69 Å². The van der Waals surface area contributed by atoms with E-state index in [0.29, 0.717) is 5.56 Å². The molecule has 1 amide bonds. The molecule has 1 aliphatic carbocycles. The third kappa shape index (κ3) is 3.16. The van der Waals surface area contributed by atoms with Gasteiger partial charge in [0, 0.05) is 42.3 Å².